The molecule has 0 atom stereocenters. The third-order valence-corrected chi connectivity index (χ3v) is 3.34. The van der Waals surface area contributed by atoms with Crippen LogP contribution in [0.1, 0.15) is 5.56 Å². The second-order valence-electron chi connectivity index (χ2n) is 4.31. The van der Waals surface area contributed by atoms with Gasteiger partial charge in [0.2, 0.25) is 0 Å². The Morgan fingerprint density at radius 2 is 1.86 bits per heavy atom. The third kappa shape index (κ3) is 3.90. The van der Waals surface area contributed by atoms with Crippen molar-refractivity contribution in [3.8, 4) is 0 Å². The minimum atomic E-state index is -4.64. The highest BCUT2D eigenvalue weighted by Crippen LogP contribution is 2.41. The van der Waals surface area contributed by atoms with E-state index in [1.54, 1.807) is 4.90 Å². The normalized spacial score (nSPS) is 15.5. The number of nitrogens with zero attached hydrogens (tertiary/aromatic N) is 2. The molecule has 5 nitrogen and oxygen atoms in total. The van der Waals surface area contributed by atoms with Crippen molar-refractivity contribution in [1.29, 1.82) is 0 Å². The molecular weight excluding hydrogens is 334 g/mol. The Morgan fingerprint density at radius 3 is 2.33 bits per heavy atom. The van der Waals surface area contributed by atoms with E-state index in [1.807, 2.05) is 0 Å². The van der Waals surface area contributed by atoms with Gasteiger partial charge in [-0.3, -0.25) is 10.1 Å². The number of hydrogen-bond acceptors (Lipinski definition) is 4. The molecule has 1 saturated heterocycles. The summed E-state index contributed by atoms with van der Waals surface area (Å²) in [6.07, 6.45) is -4.64. The summed E-state index contributed by atoms with van der Waals surface area (Å²) in [4.78, 5) is 11.8. The molecule has 0 radical (unpaired) electrons. The summed E-state index contributed by atoms with van der Waals surface area (Å²) in [5, 5.41) is 13.4. The monoisotopic (exact) mass is 345 g/mol. The highest BCUT2D eigenvalue weighted by molar-refractivity contribution is 6.31. The summed E-state index contributed by atoms with van der Waals surface area (Å²) < 4.78 is 38.5. The Morgan fingerprint density at radius 1 is 1.29 bits per heavy atom. The number of alkyl halides is 3. The van der Waals surface area contributed by atoms with Crippen LogP contribution in [0.4, 0.5) is 24.5 Å². The number of benzene rings is 1. The second kappa shape index (κ2) is 6.67. The standard InChI is InChI=1S/C11H11ClF3N3O2.ClH/c12-8-6-10(18(19)20)9(5-7(8)11(13,14)15)17-3-1-16-2-4-17;/h5-6,16H,1-4H2;1H. The van der Waals surface area contributed by atoms with Crippen LogP contribution in [0.3, 0.4) is 0 Å². The molecule has 1 heterocycles. The van der Waals surface area contributed by atoms with Gasteiger partial charge in [-0.05, 0) is 6.07 Å². The first-order valence-corrected chi connectivity index (χ1v) is 6.19. The summed E-state index contributed by atoms with van der Waals surface area (Å²) in [6.45, 7) is 1.92. The maximum absolute atomic E-state index is 12.8. The fourth-order valence-electron chi connectivity index (χ4n) is 2.07. The van der Waals surface area contributed by atoms with E-state index < -0.39 is 27.4 Å². The molecule has 1 fully saturated rings. The molecule has 0 aliphatic carbocycles. The van der Waals surface area contributed by atoms with E-state index >= 15 is 0 Å². The van der Waals surface area contributed by atoms with Gasteiger partial charge in [0.05, 0.1) is 15.5 Å². The number of hydrogen-bond donors (Lipinski definition) is 1. The predicted octanol–water partition coefficient (Wildman–Crippen LogP) is 3.10. The van der Waals surface area contributed by atoms with E-state index in [2.05, 4.69) is 5.32 Å². The van der Waals surface area contributed by atoms with Gasteiger partial charge in [0.25, 0.3) is 5.69 Å². The lowest BCUT2D eigenvalue weighted by Crippen LogP contribution is -2.43. The topological polar surface area (TPSA) is 58.4 Å². The van der Waals surface area contributed by atoms with E-state index in [0.29, 0.717) is 26.2 Å². The van der Waals surface area contributed by atoms with Crippen LogP contribution in [0.5, 0.6) is 0 Å². The molecule has 1 aromatic carbocycles. The second-order valence-corrected chi connectivity index (χ2v) is 4.72. The fourth-order valence-corrected chi connectivity index (χ4v) is 2.34. The van der Waals surface area contributed by atoms with Gasteiger partial charge in [-0.2, -0.15) is 13.2 Å². The van der Waals surface area contributed by atoms with Gasteiger partial charge in [-0.25, -0.2) is 0 Å². The fraction of sp³-hybridized carbons (Fsp3) is 0.455. The quantitative estimate of drug-likeness (QED) is 0.660. The summed E-state index contributed by atoms with van der Waals surface area (Å²) in [7, 11) is 0. The van der Waals surface area contributed by atoms with Crippen LogP contribution >= 0.6 is 24.0 Å². The summed E-state index contributed by atoms with van der Waals surface area (Å²) in [5.41, 5.74) is -1.52. The smallest absolute Gasteiger partial charge is 0.363 e. The van der Waals surface area contributed by atoms with Gasteiger partial charge in [0.15, 0.2) is 0 Å². The van der Waals surface area contributed by atoms with Crippen LogP contribution in [0, 0.1) is 10.1 Å². The zero-order valence-corrected chi connectivity index (χ0v) is 12.2. The largest absolute Gasteiger partial charge is 0.417 e. The van der Waals surface area contributed by atoms with Crippen molar-refractivity contribution in [1.82, 2.24) is 5.32 Å². The molecule has 0 amide bonds. The average molecular weight is 346 g/mol. The van der Waals surface area contributed by atoms with Gasteiger partial charge in [0.1, 0.15) is 5.69 Å². The van der Waals surface area contributed by atoms with Gasteiger partial charge >= 0.3 is 6.18 Å². The first kappa shape index (κ1) is 17.8. The maximum atomic E-state index is 12.8. The molecule has 118 valence electrons. The van der Waals surface area contributed by atoms with Crippen molar-refractivity contribution < 1.29 is 18.1 Å². The highest BCUT2D eigenvalue weighted by atomic mass is 35.5. The van der Waals surface area contributed by atoms with Crippen molar-refractivity contribution in [3.05, 3.63) is 32.8 Å². The van der Waals surface area contributed by atoms with Crippen LogP contribution in [-0.2, 0) is 6.18 Å². The molecule has 0 spiro atoms. The SMILES string of the molecule is Cl.O=[N+]([O-])c1cc(Cl)c(C(F)(F)F)cc1N1CCNCC1. The summed E-state index contributed by atoms with van der Waals surface area (Å²) >= 11 is 5.51. The third-order valence-electron chi connectivity index (χ3n) is 3.02. The lowest BCUT2D eigenvalue weighted by atomic mass is 10.1. The Labute approximate surface area is 129 Å². The van der Waals surface area contributed by atoms with E-state index in [9.17, 15) is 23.3 Å². The lowest BCUT2D eigenvalue weighted by molar-refractivity contribution is -0.384. The van der Waals surface area contributed by atoms with Crippen molar-refractivity contribution in [3.63, 3.8) is 0 Å². The number of rotatable bonds is 2. The summed E-state index contributed by atoms with van der Waals surface area (Å²) in [6, 6.07) is 1.52. The van der Waals surface area contributed by atoms with Crippen LogP contribution in [0.25, 0.3) is 0 Å². The molecule has 1 N–H and O–H groups in total. The van der Waals surface area contributed by atoms with E-state index in [0.717, 1.165) is 12.1 Å². The highest BCUT2D eigenvalue weighted by Gasteiger charge is 2.36. The average Bonchev–Trinajstić information content (AvgIpc) is 2.37. The minimum Gasteiger partial charge on any atom is -0.363 e. The first-order chi connectivity index (χ1) is 9.30. The zero-order valence-electron chi connectivity index (χ0n) is 10.6. The first-order valence-electron chi connectivity index (χ1n) is 5.81. The Kier molecular flexibility index (Phi) is 5.66. The van der Waals surface area contributed by atoms with Crippen molar-refractivity contribution in [2.75, 3.05) is 31.1 Å². The van der Waals surface area contributed by atoms with Crippen molar-refractivity contribution in [2.24, 2.45) is 0 Å². The molecule has 0 saturated carbocycles. The molecular formula is C11H12Cl2F3N3O2. The molecule has 1 aromatic rings. The molecule has 21 heavy (non-hydrogen) atoms. The maximum Gasteiger partial charge on any atom is 0.417 e. The summed E-state index contributed by atoms with van der Waals surface area (Å²) in [5.74, 6) is 0. The van der Waals surface area contributed by atoms with Crippen molar-refractivity contribution >= 4 is 35.4 Å². The number of nitro groups is 1. The Hall–Kier alpha value is -1.25. The van der Waals surface area contributed by atoms with Gasteiger partial charge in [0, 0.05) is 32.2 Å². The Bertz CT molecular complexity index is 534. The number of anilines is 1. The molecule has 2 rings (SSSR count). The zero-order chi connectivity index (χ0) is 14.9. The number of halogens is 5. The minimum absolute atomic E-state index is 0. The molecule has 0 unspecified atom stereocenters. The van der Waals surface area contributed by atoms with Gasteiger partial charge in [-0.15, -0.1) is 12.4 Å². The van der Waals surface area contributed by atoms with Crippen LogP contribution in [0.15, 0.2) is 12.1 Å². The Balaban J connectivity index is 0.00000220. The van der Waals surface area contributed by atoms with Crippen LogP contribution < -0.4 is 10.2 Å². The van der Waals surface area contributed by atoms with Gasteiger partial charge < -0.3 is 10.2 Å². The number of nitro benzene ring substituents is 1. The number of nitrogens with one attached hydrogen (secondary N) is 1. The lowest BCUT2D eigenvalue weighted by Gasteiger charge is -2.29. The predicted molar refractivity (Wildman–Crippen MR) is 75.4 cm³/mol. The van der Waals surface area contributed by atoms with Crippen LogP contribution in [0.2, 0.25) is 5.02 Å². The molecule has 10 heteroatoms. The molecule has 0 bridgehead atoms. The molecule has 1 aliphatic rings. The van der Waals surface area contributed by atoms with Gasteiger partial charge in [-0.1, -0.05) is 11.6 Å². The van der Waals surface area contributed by atoms with E-state index in [-0.39, 0.29) is 18.1 Å². The van der Waals surface area contributed by atoms with Crippen LogP contribution in [-0.4, -0.2) is 31.1 Å². The van der Waals surface area contributed by atoms with E-state index in [4.69, 9.17) is 11.6 Å². The van der Waals surface area contributed by atoms with E-state index in [1.165, 1.54) is 0 Å². The molecule has 0 aromatic heterocycles. The molecule has 1 aliphatic heterocycles. The number of piperazine rings is 1. The van der Waals surface area contributed by atoms with Crippen molar-refractivity contribution in [2.45, 2.75) is 6.18 Å².